The third kappa shape index (κ3) is 4.69. The van der Waals surface area contributed by atoms with Gasteiger partial charge in [-0.15, -0.1) is 10.2 Å². The number of ketones is 1. The summed E-state index contributed by atoms with van der Waals surface area (Å²) >= 11 is 4.71. The number of thioether (sulfide) groups is 1. The predicted molar refractivity (Wildman–Crippen MR) is 113 cm³/mol. The van der Waals surface area contributed by atoms with Crippen LogP contribution >= 0.6 is 27.7 Å². The number of nitrogens with zero attached hydrogens (tertiary/aromatic N) is 3. The van der Waals surface area contributed by atoms with Gasteiger partial charge in [0.05, 0.1) is 17.4 Å². The van der Waals surface area contributed by atoms with Crippen molar-refractivity contribution in [2.45, 2.75) is 18.1 Å². The van der Waals surface area contributed by atoms with Gasteiger partial charge in [-0.2, -0.15) is 0 Å². The van der Waals surface area contributed by atoms with Gasteiger partial charge in [0.25, 0.3) is 5.91 Å². The summed E-state index contributed by atoms with van der Waals surface area (Å²) in [5.74, 6) is 0.727. The first-order chi connectivity index (χ1) is 13.5. The van der Waals surface area contributed by atoms with Crippen LogP contribution in [0.4, 0.5) is 0 Å². The van der Waals surface area contributed by atoms with Crippen LogP contribution in [0.5, 0.6) is 0 Å². The van der Waals surface area contributed by atoms with Gasteiger partial charge in [-0.1, -0.05) is 54.2 Å². The Labute approximate surface area is 175 Å². The molecule has 3 rings (SSSR count). The molecule has 3 aromatic rings. The molecule has 0 saturated carbocycles. The third-order valence-electron chi connectivity index (χ3n) is 4.15. The smallest absolute Gasteiger partial charge is 0.253 e. The molecule has 0 unspecified atom stereocenters. The number of amides is 1. The number of carbonyl (C=O) groups excluding carboxylic acids is 2. The van der Waals surface area contributed by atoms with Crippen LogP contribution in [0.15, 0.2) is 64.2 Å². The summed E-state index contributed by atoms with van der Waals surface area (Å²) in [6.07, 6.45) is 0. The van der Waals surface area contributed by atoms with E-state index in [-0.39, 0.29) is 23.5 Å². The van der Waals surface area contributed by atoms with E-state index in [1.165, 1.54) is 11.8 Å². The molecule has 6 nitrogen and oxygen atoms in total. The van der Waals surface area contributed by atoms with Gasteiger partial charge >= 0.3 is 0 Å². The molecule has 0 spiro atoms. The zero-order chi connectivity index (χ0) is 20.1. The fraction of sp³-hybridized carbons (Fsp3) is 0.200. The lowest BCUT2D eigenvalue weighted by atomic mass is 10.2. The van der Waals surface area contributed by atoms with E-state index >= 15 is 0 Å². The van der Waals surface area contributed by atoms with Crippen molar-refractivity contribution in [2.75, 3.05) is 5.75 Å². The normalized spacial score (nSPS) is 11.8. The van der Waals surface area contributed by atoms with Crippen LogP contribution in [0, 0.1) is 0 Å². The molecule has 1 heterocycles. The van der Waals surface area contributed by atoms with Crippen LogP contribution in [0.1, 0.15) is 39.5 Å². The molecule has 8 heteroatoms. The Morgan fingerprint density at radius 3 is 2.50 bits per heavy atom. The highest BCUT2D eigenvalue weighted by molar-refractivity contribution is 9.10. The molecular formula is C20H19BrN4O2S. The van der Waals surface area contributed by atoms with E-state index in [0.29, 0.717) is 22.1 Å². The zero-order valence-electron chi connectivity index (χ0n) is 15.4. The van der Waals surface area contributed by atoms with E-state index in [2.05, 4.69) is 31.4 Å². The summed E-state index contributed by atoms with van der Waals surface area (Å²) in [6, 6.07) is 16.0. The van der Waals surface area contributed by atoms with Crippen molar-refractivity contribution >= 4 is 39.4 Å². The summed E-state index contributed by atoms with van der Waals surface area (Å²) in [6.45, 7) is 1.85. The van der Waals surface area contributed by atoms with E-state index < -0.39 is 0 Å². The maximum Gasteiger partial charge on any atom is 0.253 e. The Kier molecular flexibility index (Phi) is 6.64. The van der Waals surface area contributed by atoms with Gasteiger partial charge in [0.1, 0.15) is 0 Å². The monoisotopic (exact) mass is 458 g/mol. The zero-order valence-corrected chi connectivity index (χ0v) is 17.8. The minimum absolute atomic E-state index is 0.0328. The number of rotatable bonds is 7. The molecule has 1 atom stereocenters. The highest BCUT2D eigenvalue weighted by Gasteiger charge is 2.20. The molecule has 1 N–H and O–H groups in total. The van der Waals surface area contributed by atoms with Crippen LogP contribution in [0.3, 0.4) is 0 Å². The molecule has 0 aliphatic heterocycles. The highest BCUT2D eigenvalue weighted by atomic mass is 79.9. The molecule has 144 valence electrons. The van der Waals surface area contributed by atoms with Crippen molar-refractivity contribution in [3.05, 3.63) is 76.0 Å². The first kappa shape index (κ1) is 20.3. The number of benzene rings is 2. The lowest BCUT2D eigenvalue weighted by molar-refractivity contribution is 0.0936. The van der Waals surface area contributed by atoms with Crippen LogP contribution in [0.25, 0.3) is 0 Å². The molecule has 1 aromatic heterocycles. The number of nitrogens with one attached hydrogen (secondary N) is 1. The number of Topliss-reactive ketones (excluding diaryl/α,β-unsaturated/α-hetero) is 1. The second-order valence-electron chi connectivity index (χ2n) is 6.15. The Morgan fingerprint density at radius 2 is 1.79 bits per heavy atom. The lowest BCUT2D eigenvalue weighted by Crippen LogP contribution is -2.28. The Hall–Kier alpha value is -2.45. The molecule has 0 aliphatic rings. The van der Waals surface area contributed by atoms with E-state index in [4.69, 9.17) is 0 Å². The average molecular weight is 459 g/mol. The molecule has 0 fully saturated rings. The fourth-order valence-corrected chi connectivity index (χ4v) is 3.93. The minimum Gasteiger partial charge on any atom is -0.342 e. The molecular weight excluding hydrogens is 440 g/mol. The molecule has 1 amide bonds. The van der Waals surface area contributed by atoms with E-state index in [0.717, 1.165) is 4.47 Å². The maximum atomic E-state index is 12.5. The van der Waals surface area contributed by atoms with Gasteiger partial charge in [-0.3, -0.25) is 9.59 Å². The molecule has 0 saturated heterocycles. The largest absolute Gasteiger partial charge is 0.342 e. The molecule has 0 radical (unpaired) electrons. The van der Waals surface area contributed by atoms with Gasteiger partial charge in [0, 0.05) is 17.1 Å². The fourth-order valence-electron chi connectivity index (χ4n) is 2.65. The summed E-state index contributed by atoms with van der Waals surface area (Å²) in [5, 5.41) is 11.9. The van der Waals surface area contributed by atoms with E-state index in [9.17, 15) is 9.59 Å². The third-order valence-corrected chi connectivity index (χ3v) is 5.86. The number of aromatic nitrogens is 3. The summed E-state index contributed by atoms with van der Waals surface area (Å²) in [5.41, 5.74) is 1.23. The Balaban J connectivity index is 1.64. The topological polar surface area (TPSA) is 76.9 Å². The van der Waals surface area contributed by atoms with E-state index in [1.54, 1.807) is 22.8 Å². The standard InChI is InChI=1S/C20H19BrN4O2S/c1-13(22-19(27)15-10-6-7-11-16(15)21)18-23-24-20(25(18)2)28-12-17(26)14-8-4-3-5-9-14/h3-11,13H,12H2,1-2H3,(H,22,27)/t13-/m0/s1. The quantitative estimate of drug-likeness (QED) is 0.426. The van der Waals surface area contributed by atoms with E-state index in [1.807, 2.05) is 50.4 Å². The Bertz CT molecular complexity index is 991. The SMILES string of the molecule is C[C@H](NC(=O)c1ccccc1Br)c1nnc(SCC(=O)c2ccccc2)n1C. The van der Waals surface area contributed by atoms with Crippen molar-refractivity contribution in [3.8, 4) is 0 Å². The molecule has 0 aliphatic carbocycles. The lowest BCUT2D eigenvalue weighted by Gasteiger charge is -2.14. The minimum atomic E-state index is -0.337. The van der Waals surface area contributed by atoms with Crippen molar-refractivity contribution in [1.82, 2.24) is 20.1 Å². The second-order valence-corrected chi connectivity index (χ2v) is 7.95. The van der Waals surface area contributed by atoms with Gasteiger partial charge < -0.3 is 9.88 Å². The number of hydrogen-bond donors (Lipinski definition) is 1. The van der Waals surface area contributed by atoms with Crippen molar-refractivity contribution in [2.24, 2.45) is 7.05 Å². The van der Waals surface area contributed by atoms with Gasteiger partial charge in [0.15, 0.2) is 16.8 Å². The Morgan fingerprint density at radius 1 is 1.11 bits per heavy atom. The first-order valence-corrected chi connectivity index (χ1v) is 10.4. The summed E-state index contributed by atoms with van der Waals surface area (Å²) in [4.78, 5) is 24.8. The van der Waals surface area contributed by atoms with Crippen LogP contribution in [0.2, 0.25) is 0 Å². The van der Waals surface area contributed by atoms with Crippen molar-refractivity contribution < 1.29 is 9.59 Å². The number of halogens is 1. The first-order valence-electron chi connectivity index (χ1n) is 8.63. The van der Waals surface area contributed by atoms with Crippen LogP contribution < -0.4 is 5.32 Å². The molecule has 2 aromatic carbocycles. The number of hydrogen-bond acceptors (Lipinski definition) is 5. The van der Waals surface area contributed by atoms with Crippen molar-refractivity contribution in [1.29, 1.82) is 0 Å². The maximum absolute atomic E-state index is 12.5. The molecule has 0 bridgehead atoms. The molecule has 28 heavy (non-hydrogen) atoms. The number of carbonyl (C=O) groups is 2. The van der Waals surface area contributed by atoms with Crippen molar-refractivity contribution in [3.63, 3.8) is 0 Å². The summed E-state index contributed by atoms with van der Waals surface area (Å²) in [7, 11) is 1.83. The van der Waals surface area contributed by atoms with Gasteiger partial charge in [0.2, 0.25) is 0 Å². The summed E-state index contributed by atoms with van der Waals surface area (Å²) < 4.78 is 2.53. The second kappa shape index (κ2) is 9.16. The van der Waals surface area contributed by atoms with Crippen LogP contribution in [-0.4, -0.2) is 32.2 Å². The predicted octanol–water partition coefficient (Wildman–Crippen LogP) is 4.04. The highest BCUT2D eigenvalue weighted by Crippen LogP contribution is 2.21. The van der Waals surface area contributed by atoms with Gasteiger partial charge in [-0.25, -0.2) is 0 Å². The average Bonchev–Trinajstić information content (AvgIpc) is 3.07. The van der Waals surface area contributed by atoms with Crippen LogP contribution in [-0.2, 0) is 7.05 Å². The van der Waals surface area contributed by atoms with Gasteiger partial charge in [-0.05, 0) is 35.0 Å².